The van der Waals surface area contributed by atoms with Crippen LogP contribution in [0.2, 0.25) is 0 Å². The first-order chi connectivity index (χ1) is 6.81. The number of benzene rings is 1. The molecule has 74 valence electrons. The molecule has 0 saturated heterocycles. The Hall–Kier alpha value is -1.46. The molecule has 0 saturated carbocycles. The van der Waals surface area contributed by atoms with E-state index in [1.165, 1.54) is 0 Å². The molecular formula is C12H15NO. The highest BCUT2D eigenvalue weighted by molar-refractivity contribution is 5.33. The van der Waals surface area contributed by atoms with Gasteiger partial charge in [0.2, 0.25) is 0 Å². The van der Waals surface area contributed by atoms with E-state index < -0.39 is 0 Å². The highest BCUT2D eigenvalue weighted by Crippen LogP contribution is 2.18. The molecule has 0 spiro atoms. The van der Waals surface area contributed by atoms with Crippen molar-refractivity contribution in [2.24, 2.45) is 0 Å². The minimum Gasteiger partial charge on any atom is -0.497 e. The second-order valence-corrected chi connectivity index (χ2v) is 2.93. The Labute approximate surface area is 85.3 Å². The van der Waals surface area contributed by atoms with Crippen LogP contribution in [0.25, 0.3) is 0 Å². The second-order valence-electron chi connectivity index (χ2n) is 2.93. The highest BCUT2D eigenvalue weighted by Gasteiger charge is 2.06. The van der Waals surface area contributed by atoms with Gasteiger partial charge in [-0.15, -0.1) is 6.42 Å². The summed E-state index contributed by atoms with van der Waals surface area (Å²) in [6.07, 6.45) is 5.43. The van der Waals surface area contributed by atoms with E-state index in [-0.39, 0.29) is 6.04 Å². The quantitative estimate of drug-likeness (QED) is 0.731. The molecule has 0 fully saturated rings. The summed E-state index contributed by atoms with van der Waals surface area (Å²) < 4.78 is 5.13. The van der Waals surface area contributed by atoms with Gasteiger partial charge in [0.15, 0.2) is 0 Å². The largest absolute Gasteiger partial charge is 0.497 e. The van der Waals surface area contributed by atoms with Crippen molar-refractivity contribution in [3.8, 4) is 18.1 Å². The molecule has 1 atom stereocenters. The van der Waals surface area contributed by atoms with E-state index in [0.29, 0.717) is 0 Å². The molecule has 1 aromatic carbocycles. The van der Waals surface area contributed by atoms with Crippen LogP contribution >= 0.6 is 0 Å². The van der Waals surface area contributed by atoms with Crippen LogP contribution in [-0.2, 0) is 0 Å². The Morgan fingerprint density at radius 3 is 2.93 bits per heavy atom. The average molecular weight is 189 g/mol. The molecule has 0 radical (unpaired) electrons. The third-order valence-corrected chi connectivity index (χ3v) is 2.00. The number of hydrogen-bond acceptors (Lipinski definition) is 2. The van der Waals surface area contributed by atoms with Crippen molar-refractivity contribution in [3.63, 3.8) is 0 Å². The molecule has 0 aliphatic heterocycles. The number of ether oxygens (including phenoxy) is 1. The fourth-order valence-electron chi connectivity index (χ4n) is 1.30. The summed E-state index contributed by atoms with van der Waals surface area (Å²) in [5.74, 6) is 3.54. The van der Waals surface area contributed by atoms with E-state index in [1.54, 1.807) is 7.11 Å². The van der Waals surface area contributed by atoms with Crippen LogP contribution in [0.5, 0.6) is 5.75 Å². The van der Waals surface area contributed by atoms with E-state index in [1.807, 2.05) is 31.2 Å². The van der Waals surface area contributed by atoms with Crippen molar-refractivity contribution in [1.82, 2.24) is 5.32 Å². The van der Waals surface area contributed by atoms with E-state index in [2.05, 4.69) is 11.2 Å². The van der Waals surface area contributed by atoms with Gasteiger partial charge >= 0.3 is 0 Å². The molecule has 2 heteroatoms. The standard InChI is InChI=1S/C12H15NO/c1-4-12(13-5-2)10-7-6-8-11(9-10)14-3/h1,6-9,12-13H,5H2,2-3H3. The summed E-state index contributed by atoms with van der Waals surface area (Å²) >= 11 is 0. The zero-order valence-corrected chi connectivity index (χ0v) is 8.58. The van der Waals surface area contributed by atoms with Crippen LogP contribution in [0.4, 0.5) is 0 Å². The van der Waals surface area contributed by atoms with Gasteiger partial charge in [0.1, 0.15) is 5.75 Å². The number of methoxy groups -OCH3 is 1. The van der Waals surface area contributed by atoms with Crippen molar-refractivity contribution in [2.75, 3.05) is 13.7 Å². The topological polar surface area (TPSA) is 21.3 Å². The summed E-state index contributed by atoms with van der Waals surface area (Å²) in [6.45, 7) is 2.89. The zero-order valence-electron chi connectivity index (χ0n) is 8.58. The number of hydrogen-bond donors (Lipinski definition) is 1. The summed E-state index contributed by atoms with van der Waals surface area (Å²) in [5.41, 5.74) is 1.06. The highest BCUT2D eigenvalue weighted by atomic mass is 16.5. The lowest BCUT2D eigenvalue weighted by molar-refractivity contribution is 0.414. The lowest BCUT2D eigenvalue weighted by atomic mass is 10.1. The van der Waals surface area contributed by atoms with Gasteiger partial charge in [-0.3, -0.25) is 0 Å². The van der Waals surface area contributed by atoms with Crippen molar-refractivity contribution in [1.29, 1.82) is 0 Å². The molecule has 2 nitrogen and oxygen atoms in total. The van der Waals surface area contributed by atoms with Crippen molar-refractivity contribution in [3.05, 3.63) is 29.8 Å². The number of rotatable bonds is 4. The third-order valence-electron chi connectivity index (χ3n) is 2.00. The van der Waals surface area contributed by atoms with Gasteiger partial charge in [0.25, 0.3) is 0 Å². The molecule has 0 aliphatic carbocycles. The second kappa shape index (κ2) is 5.31. The fourth-order valence-corrected chi connectivity index (χ4v) is 1.30. The Morgan fingerprint density at radius 2 is 2.36 bits per heavy atom. The van der Waals surface area contributed by atoms with Crippen molar-refractivity contribution in [2.45, 2.75) is 13.0 Å². The van der Waals surface area contributed by atoms with Crippen LogP contribution in [-0.4, -0.2) is 13.7 Å². The normalized spacial score (nSPS) is 11.8. The third kappa shape index (κ3) is 2.51. The van der Waals surface area contributed by atoms with Gasteiger partial charge in [-0.2, -0.15) is 0 Å². The SMILES string of the molecule is C#CC(NCC)c1cccc(OC)c1. The maximum Gasteiger partial charge on any atom is 0.119 e. The van der Waals surface area contributed by atoms with Crippen LogP contribution in [0, 0.1) is 12.3 Å². The first-order valence-electron chi connectivity index (χ1n) is 4.65. The van der Waals surface area contributed by atoms with E-state index in [0.717, 1.165) is 17.9 Å². The minimum absolute atomic E-state index is 0.0323. The van der Waals surface area contributed by atoms with Gasteiger partial charge < -0.3 is 10.1 Å². The molecule has 1 aromatic rings. The summed E-state index contributed by atoms with van der Waals surface area (Å²) in [7, 11) is 1.65. The lowest BCUT2D eigenvalue weighted by Gasteiger charge is -2.12. The molecule has 14 heavy (non-hydrogen) atoms. The first kappa shape index (κ1) is 10.6. The molecule has 0 aliphatic rings. The molecular weight excluding hydrogens is 174 g/mol. The Bertz CT molecular complexity index is 327. The number of terminal acetylenes is 1. The molecule has 1 N–H and O–H groups in total. The van der Waals surface area contributed by atoms with E-state index in [9.17, 15) is 0 Å². The first-order valence-corrected chi connectivity index (χ1v) is 4.65. The van der Waals surface area contributed by atoms with Gasteiger partial charge in [0, 0.05) is 0 Å². The zero-order chi connectivity index (χ0) is 10.4. The molecule has 0 bridgehead atoms. The predicted molar refractivity (Wildman–Crippen MR) is 58.2 cm³/mol. The van der Waals surface area contributed by atoms with Crippen molar-refractivity contribution >= 4 is 0 Å². The Kier molecular flexibility index (Phi) is 4.03. The Balaban J connectivity index is 2.88. The fraction of sp³-hybridized carbons (Fsp3) is 0.333. The molecule has 0 amide bonds. The maximum atomic E-state index is 5.43. The minimum atomic E-state index is -0.0323. The lowest BCUT2D eigenvalue weighted by Crippen LogP contribution is -2.19. The smallest absolute Gasteiger partial charge is 0.119 e. The van der Waals surface area contributed by atoms with Crippen molar-refractivity contribution < 1.29 is 4.74 Å². The molecule has 1 rings (SSSR count). The van der Waals surface area contributed by atoms with Crippen LogP contribution in [0.15, 0.2) is 24.3 Å². The van der Waals surface area contributed by atoms with Crippen LogP contribution < -0.4 is 10.1 Å². The average Bonchev–Trinajstić information content (AvgIpc) is 2.26. The van der Waals surface area contributed by atoms with Gasteiger partial charge in [-0.25, -0.2) is 0 Å². The predicted octanol–water partition coefficient (Wildman–Crippen LogP) is 1.98. The van der Waals surface area contributed by atoms with Crippen LogP contribution in [0.1, 0.15) is 18.5 Å². The number of nitrogens with one attached hydrogen (secondary N) is 1. The summed E-state index contributed by atoms with van der Waals surface area (Å²) in [5, 5.41) is 3.21. The maximum absolute atomic E-state index is 5.43. The summed E-state index contributed by atoms with van der Waals surface area (Å²) in [6, 6.07) is 7.76. The summed E-state index contributed by atoms with van der Waals surface area (Å²) in [4.78, 5) is 0. The van der Waals surface area contributed by atoms with Gasteiger partial charge in [-0.05, 0) is 24.2 Å². The Morgan fingerprint density at radius 1 is 1.57 bits per heavy atom. The monoisotopic (exact) mass is 189 g/mol. The molecule has 1 unspecified atom stereocenters. The van der Waals surface area contributed by atoms with E-state index in [4.69, 9.17) is 11.2 Å². The van der Waals surface area contributed by atoms with Gasteiger partial charge in [0.05, 0.1) is 13.2 Å². The van der Waals surface area contributed by atoms with E-state index >= 15 is 0 Å². The molecule has 0 heterocycles. The van der Waals surface area contributed by atoms with Gasteiger partial charge in [-0.1, -0.05) is 25.0 Å². The molecule has 0 aromatic heterocycles. The van der Waals surface area contributed by atoms with Crippen LogP contribution in [0.3, 0.4) is 0 Å².